The fourth-order valence-electron chi connectivity index (χ4n) is 2.34. The maximum absolute atomic E-state index is 12.0. The molecule has 0 heterocycles. The summed E-state index contributed by atoms with van der Waals surface area (Å²) in [5, 5.41) is 14.1. The van der Waals surface area contributed by atoms with E-state index in [1.165, 1.54) is 0 Å². The summed E-state index contributed by atoms with van der Waals surface area (Å²) in [4.78, 5) is 33.3. The van der Waals surface area contributed by atoms with Gasteiger partial charge in [-0.1, -0.05) is 0 Å². The molecule has 0 aliphatic rings. The number of methoxy groups -OCH3 is 1. The second-order valence-corrected chi connectivity index (χ2v) is 8.11. The van der Waals surface area contributed by atoms with Crippen molar-refractivity contribution < 1.29 is 33.7 Å². The van der Waals surface area contributed by atoms with Crippen molar-refractivity contribution in [2.24, 2.45) is 0 Å². The number of ether oxygens (including phenoxy) is 3. The summed E-state index contributed by atoms with van der Waals surface area (Å²) in [5.74, 6) is -1.46. The maximum atomic E-state index is 12.0. The van der Waals surface area contributed by atoms with Crippen LogP contribution < -0.4 is 10.6 Å². The number of carboxylic acid groups (broad SMARTS) is 1. The van der Waals surface area contributed by atoms with Crippen molar-refractivity contribution in [2.75, 3.05) is 33.5 Å². The number of unbranched alkanes of at least 4 members (excludes halogenated alkanes) is 1. The largest absolute Gasteiger partial charge is 0.530 e. The van der Waals surface area contributed by atoms with E-state index in [1.807, 2.05) is 27.7 Å². The number of carbonyl (C=O) groups excluding carboxylic acids is 2. The smallest absolute Gasteiger partial charge is 0.326 e. The molecular weight excluding hydrogens is 637 g/mol. The van der Waals surface area contributed by atoms with E-state index in [-0.39, 0.29) is 24.5 Å². The molecule has 0 aromatic heterocycles. The van der Waals surface area contributed by atoms with Gasteiger partial charge in [-0.15, -0.1) is 0 Å². The monoisotopic (exact) mass is 674 g/mol. The second kappa shape index (κ2) is 15.2. The van der Waals surface area contributed by atoms with Crippen LogP contribution in [-0.4, -0.2) is 74.1 Å². The molecule has 0 aromatic carbocycles. The number of aliphatic carboxylic acids is 1. The Bertz CT molecular complexity index is 502. The Hall–Kier alpha value is -2.71. The Morgan fingerprint density at radius 1 is 1.10 bits per heavy atom. The first kappa shape index (κ1) is 29.5. The molecule has 1 unspecified atom stereocenters. The topological polar surface area (TPSA) is 123 Å². The van der Waals surface area contributed by atoms with Crippen molar-refractivity contribution >= 4 is 18.3 Å². The maximum Gasteiger partial charge on any atom is 0.326 e. The average molecular weight is 675 g/mol. The molecule has 0 aliphatic carbocycles. The van der Waals surface area contributed by atoms with Crippen LogP contribution in [0.3, 0.4) is 0 Å². The SMILES string of the molecule is COC(C)(C)CCOC(C)(C)COCCC(=O)NC(CCCCN[C-]=O)C(=O)O.[Fm]. The summed E-state index contributed by atoms with van der Waals surface area (Å²) in [6, 6.07) is -0.952. The third-order valence-electron chi connectivity index (χ3n) is 4.42. The predicted octanol–water partition coefficient (Wildman–Crippen LogP) is 1.40. The van der Waals surface area contributed by atoms with Gasteiger partial charge in [0.05, 0.1) is 31.0 Å². The minimum atomic E-state index is -1.08. The number of hydrogen-bond donors (Lipinski definition) is 3. The number of carbonyl (C=O) groups is 2. The number of amides is 2. The fourth-order valence-corrected chi connectivity index (χ4v) is 2.34. The van der Waals surface area contributed by atoms with E-state index in [1.54, 1.807) is 13.5 Å². The van der Waals surface area contributed by atoms with Gasteiger partial charge in [0.2, 0.25) is 5.91 Å². The molecule has 0 rings (SSSR count). The minimum Gasteiger partial charge on any atom is -0.530 e. The van der Waals surface area contributed by atoms with Crippen molar-refractivity contribution in [2.45, 2.75) is 77.0 Å². The van der Waals surface area contributed by atoms with Crippen molar-refractivity contribution in [3.05, 3.63) is 0 Å². The van der Waals surface area contributed by atoms with Crippen LogP contribution in [-0.2, 0) is 28.6 Å². The van der Waals surface area contributed by atoms with Gasteiger partial charge in [-0.25, -0.2) is 4.79 Å². The first-order valence-corrected chi connectivity index (χ1v) is 9.92. The Balaban J connectivity index is 0. The molecule has 0 fully saturated rings. The van der Waals surface area contributed by atoms with Gasteiger partial charge in [-0.05, 0) is 59.9 Å². The zero-order valence-electron chi connectivity index (χ0n) is 18.6. The summed E-state index contributed by atoms with van der Waals surface area (Å²) >= 11 is 0. The standard InChI is InChI=1S/C20H37N2O7.Fm/c1-19(2,27-5)10-13-29-20(3,4)14-28-12-9-17(24)22-16(18(25)26)8-6-7-11-21-15-23;/h16H,6-14H2,1-5H3,(H,21,23)(H,22,24)(H,25,26);/q-1;. The summed E-state index contributed by atoms with van der Waals surface area (Å²) in [6.45, 7) is 9.24. The molecule has 0 saturated carbocycles. The van der Waals surface area contributed by atoms with E-state index < -0.39 is 17.6 Å². The van der Waals surface area contributed by atoms with Gasteiger partial charge >= 0.3 is 5.97 Å². The van der Waals surface area contributed by atoms with E-state index in [0.717, 1.165) is 6.42 Å². The first-order chi connectivity index (χ1) is 13.5. The second-order valence-electron chi connectivity index (χ2n) is 8.11. The third-order valence-corrected chi connectivity index (χ3v) is 4.42. The number of nitrogens with one attached hydrogen (secondary N) is 2. The fraction of sp³-hybridized carbons (Fsp3) is 0.850. The zero-order chi connectivity index (χ0) is 22.3. The van der Waals surface area contributed by atoms with Gasteiger partial charge in [0.1, 0.15) is 6.04 Å². The normalized spacial score (nSPS) is 12.6. The Labute approximate surface area is 173 Å². The zero-order valence-corrected chi connectivity index (χ0v) is 21.0. The van der Waals surface area contributed by atoms with Crippen molar-refractivity contribution in [1.82, 2.24) is 10.6 Å². The van der Waals surface area contributed by atoms with Crippen molar-refractivity contribution in [3.63, 3.8) is 0 Å². The molecule has 0 aromatic rings. The molecule has 30 heavy (non-hydrogen) atoms. The van der Waals surface area contributed by atoms with E-state index in [0.29, 0.717) is 39.0 Å². The van der Waals surface area contributed by atoms with Crippen LogP contribution >= 0.6 is 0 Å². The molecule has 0 radical (unpaired) electrons. The van der Waals surface area contributed by atoms with E-state index >= 15 is 0 Å². The molecule has 0 bridgehead atoms. The Morgan fingerprint density at radius 3 is 2.33 bits per heavy atom. The van der Waals surface area contributed by atoms with E-state index in [2.05, 4.69) is 10.6 Å². The van der Waals surface area contributed by atoms with E-state index in [4.69, 9.17) is 14.2 Å². The number of rotatable bonds is 18. The molecular formula is C20H37FmN2O7-. The van der Waals surface area contributed by atoms with Crippen LogP contribution in [0.2, 0.25) is 0 Å². The van der Waals surface area contributed by atoms with Crippen LogP contribution in [0, 0.1) is 0 Å². The van der Waals surface area contributed by atoms with Gasteiger partial charge in [0.25, 0.3) is 0 Å². The van der Waals surface area contributed by atoms with E-state index in [9.17, 15) is 19.5 Å². The molecule has 9 nitrogen and oxygen atoms in total. The number of hydrogen-bond acceptors (Lipinski definition) is 6. The van der Waals surface area contributed by atoms with Crippen LogP contribution in [0.1, 0.15) is 59.8 Å². The quantitative estimate of drug-likeness (QED) is 0.114. The summed E-state index contributed by atoms with van der Waals surface area (Å²) in [6.07, 6.45) is 3.84. The number of carboxylic acids is 1. The molecule has 3 N–H and O–H groups in total. The molecule has 1 atom stereocenters. The first-order valence-electron chi connectivity index (χ1n) is 9.92. The van der Waals surface area contributed by atoms with Gasteiger partial charge < -0.3 is 34.7 Å². The molecule has 10 heteroatoms. The van der Waals surface area contributed by atoms with Crippen LogP contribution in [0.5, 0.6) is 0 Å². The molecule has 0 saturated heterocycles. The van der Waals surface area contributed by atoms with Gasteiger partial charge in [-0.2, -0.15) is 6.41 Å². The summed E-state index contributed by atoms with van der Waals surface area (Å²) in [5.41, 5.74) is -0.754. The Kier molecular flexibility index (Phi) is 14.9. The van der Waals surface area contributed by atoms with Crippen LogP contribution in [0.25, 0.3) is 0 Å². The van der Waals surface area contributed by atoms with Crippen molar-refractivity contribution in [3.8, 4) is 0 Å². The van der Waals surface area contributed by atoms with Gasteiger partial charge in [-0.3, -0.25) is 4.79 Å². The predicted molar refractivity (Wildman–Crippen MR) is 108 cm³/mol. The summed E-state index contributed by atoms with van der Waals surface area (Å²) < 4.78 is 16.7. The van der Waals surface area contributed by atoms with Crippen molar-refractivity contribution in [1.29, 1.82) is 0 Å². The Morgan fingerprint density at radius 2 is 1.77 bits per heavy atom. The average Bonchev–Trinajstić information content (AvgIpc) is 2.63. The molecule has 2 amide bonds. The van der Waals surface area contributed by atoms with Gasteiger partial charge in [0, 0.05) is 13.5 Å². The van der Waals surface area contributed by atoms with Crippen LogP contribution in [0.15, 0.2) is 0 Å². The minimum absolute atomic E-state index is 0. The third kappa shape index (κ3) is 15.2. The molecule has 0 aliphatic heterocycles. The molecule has 182 valence electrons. The van der Waals surface area contributed by atoms with Gasteiger partial charge in [0.15, 0.2) is 0 Å². The van der Waals surface area contributed by atoms with Crippen LogP contribution in [0.4, 0.5) is 0 Å². The summed E-state index contributed by atoms with van der Waals surface area (Å²) in [7, 11) is 1.66. The molecule has 0 spiro atoms.